The quantitative estimate of drug-likeness (QED) is 0.472. The summed E-state index contributed by atoms with van der Waals surface area (Å²) in [7, 11) is 0. The number of unbranched alkanes of at least 4 members (excludes halogenated alkanes) is 4. The van der Waals surface area contributed by atoms with Crippen LogP contribution >= 0.6 is 0 Å². The SMILES string of the molecule is CCCCCC1CC(CCCCC)c2ccccc21. The third-order valence-electron chi connectivity index (χ3n) is 4.76. The second-order valence-electron chi connectivity index (χ2n) is 6.25. The van der Waals surface area contributed by atoms with Crippen LogP contribution in [0, 0.1) is 0 Å². The van der Waals surface area contributed by atoms with Crippen LogP contribution in [0.4, 0.5) is 0 Å². The van der Waals surface area contributed by atoms with Crippen molar-refractivity contribution in [2.24, 2.45) is 0 Å². The van der Waals surface area contributed by atoms with Gasteiger partial charge in [0, 0.05) is 0 Å². The maximum atomic E-state index is 2.39. The summed E-state index contributed by atoms with van der Waals surface area (Å²) in [5.74, 6) is 1.71. The van der Waals surface area contributed by atoms with E-state index in [-0.39, 0.29) is 0 Å². The molecule has 2 unspecified atom stereocenters. The Balaban J connectivity index is 1.97. The molecule has 0 amide bonds. The number of hydrogen-bond donors (Lipinski definition) is 0. The van der Waals surface area contributed by atoms with Crippen molar-refractivity contribution in [2.75, 3.05) is 0 Å². The lowest BCUT2D eigenvalue weighted by atomic mass is 9.93. The van der Waals surface area contributed by atoms with Gasteiger partial charge < -0.3 is 0 Å². The maximum Gasteiger partial charge on any atom is -0.0153 e. The molecule has 0 heteroatoms. The summed E-state index contributed by atoms with van der Waals surface area (Å²) in [5.41, 5.74) is 3.36. The molecule has 0 radical (unpaired) electrons. The highest BCUT2D eigenvalue weighted by molar-refractivity contribution is 5.38. The molecule has 0 aliphatic heterocycles. The van der Waals surface area contributed by atoms with Gasteiger partial charge >= 0.3 is 0 Å². The minimum atomic E-state index is 0.856. The van der Waals surface area contributed by atoms with Gasteiger partial charge in [-0.15, -0.1) is 0 Å². The van der Waals surface area contributed by atoms with Gasteiger partial charge in [0.1, 0.15) is 0 Å². The van der Waals surface area contributed by atoms with Crippen molar-refractivity contribution in [3.05, 3.63) is 35.4 Å². The van der Waals surface area contributed by atoms with E-state index in [1.807, 2.05) is 0 Å². The number of benzene rings is 1. The number of hydrogen-bond acceptors (Lipinski definition) is 0. The molecule has 1 aliphatic carbocycles. The van der Waals surface area contributed by atoms with Gasteiger partial charge in [-0.2, -0.15) is 0 Å². The Morgan fingerprint density at radius 2 is 1.26 bits per heavy atom. The van der Waals surface area contributed by atoms with Crippen molar-refractivity contribution < 1.29 is 0 Å². The normalized spacial score (nSPS) is 21.6. The predicted molar refractivity (Wildman–Crippen MR) is 84.8 cm³/mol. The Morgan fingerprint density at radius 1 is 0.789 bits per heavy atom. The third kappa shape index (κ3) is 3.84. The summed E-state index contributed by atoms with van der Waals surface area (Å²) in [5, 5.41) is 0. The molecule has 0 nitrogen and oxygen atoms in total. The second kappa shape index (κ2) is 7.72. The molecule has 19 heavy (non-hydrogen) atoms. The van der Waals surface area contributed by atoms with Crippen LogP contribution in [0.1, 0.15) is 94.6 Å². The van der Waals surface area contributed by atoms with E-state index in [0.717, 1.165) is 11.8 Å². The Hall–Kier alpha value is -0.780. The van der Waals surface area contributed by atoms with Crippen LogP contribution in [-0.2, 0) is 0 Å². The summed E-state index contributed by atoms with van der Waals surface area (Å²) in [6.07, 6.45) is 12.6. The fraction of sp³-hybridized carbons (Fsp3) is 0.684. The van der Waals surface area contributed by atoms with Crippen molar-refractivity contribution in [3.8, 4) is 0 Å². The summed E-state index contributed by atoms with van der Waals surface area (Å²) >= 11 is 0. The lowest BCUT2D eigenvalue weighted by Crippen LogP contribution is -1.95. The minimum absolute atomic E-state index is 0.856. The van der Waals surface area contributed by atoms with Crippen LogP contribution in [0.15, 0.2) is 24.3 Å². The molecule has 2 rings (SSSR count). The molecule has 0 N–H and O–H groups in total. The van der Waals surface area contributed by atoms with Crippen molar-refractivity contribution in [1.82, 2.24) is 0 Å². The smallest absolute Gasteiger partial charge is 0.0153 e. The summed E-state index contributed by atoms with van der Waals surface area (Å²) in [4.78, 5) is 0. The summed E-state index contributed by atoms with van der Waals surface area (Å²) in [6.45, 7) is 4.60. The molecule has 0 aromatic heterocycles. The number of fused-ring (bicyclic) bond motifs is 1. The van der Waals surface area contributed by atoms with E-state index in [0.29, 0.717) is 0 Å². The average Bonchev–Trinajstić information content (AvgIpc) is 2.79. The van der Waals surface area contributed by atoms with Gasteiger partial charge in [-0.25, -0.2) is 0 Å². The van der Waals surface area contributed by atoms with E-state index < -0.39 is 0 Å². The zero-order valence-electron chi connectivity index (χ0n) is 12.8. The molecule has 1 aromatic rings. The van der Waals surface area contributed by atoms with E-state index in [4.69, 9.17) is 0 Å². The van der Waals surface area contributed by atoms with E-state index in [1.54, 1.807) is 11.1 Å². The van der Waals surface area contributed by atoms with E-state index in [9.17, 15) is 0 Å². The van der Waals surface area contributed by atoms with Gasteiger partial charge in [-0.1, -0.05) is 76.6 Å². The molecule has 1 aliphatic rings. The highest BCUT2D eigenvalue weighted by Gasteiger charge is 2.29. The van der Waals surface area contributed by atoms with Gasteiger partial charge in [-0.05, 0) is 42.2 Å². The molecule has 1 aromatic carbocycles. The largest absolute Gasteiger partial charge is 0.0654 e. The molecular formula is C19H30. The van der Waals surface area contributed by atoms with Crippen LogP contribution in [0.5, 0.6) is 0 Å². The van der Waals surface area contributed by atoms with Crippen LogP contribution in [0.25, 0.3) is 0 Å². The predicted octanol–water partition coefficient (Wildman–Crippen LogP) is 6.42. The summed E-state index contributed by atoms with van der Waals surface area (Å²) < 4.78 is 0. The zero-order valence-corrected chi connectivity index (χ0v) is 12.8. The first-order valence-corrected chi connectivity index (χ1v) is 8.45. The third-order valence-corrected chi connectivity index (χ3v) is 4.76. The minimum Gasteiger partial charge on any atom is -0.0654 e. The lowest BCUT2D eigenvalue weighted by Gasteiger charge is -2.12. The standard InChI is InChI=1S/C19H30/c1-3-5-7-11-16-15-17(12-8-6-4-2)19-14-10-9-13-18(16)19/h9-10,13-14,16-17H,3-8,11-12,15H2,1-2H3. The Kier molecular flexibility index (Phi) is 5.94. The van der Waals surface area contributed by atoms with Crippen LogP contribution in [0.3, 0.4) is 0 Å². The van der Waals surface area contributed by atoms with Crippen LogP contribution in [0.2, 0.25) is 0 Å². The molecular weight excluding hydrogens is 228 g/mol. The van der Waals surface area contributed by atoms with Crippen molar-refractivity contribution >= 4 is 0 Å². The highest BCUT2D eigenvalue weighted by atomic mass is 14.3. The molecule has 0 bridgehead atoms. The zero-order chi connectivity index (χ0) is 13.5. The second-order valence-corrected chi connectivity index (χ2v) is 6.25. The van der Waals surface area contributed by atoms with Crippen LogP contribution in [-0.4, -0.2) is 0 Å². The lowest BCUT2D eigenvalue weighted by molar-refractivity contribution is 0.493. The van der Waals surface area contributed by atoms with Gasteiger partial charge in [0.05, 0.1) is 0 Å². The molecule has 0 fully saturated rings. The molecule has 0 saturated carbocycles. The topological polar surface area (TPSA) is 0 Å². The fourth-order valence-electron chi connectivity index (χ4n) is 3.68. The molecule has 2 atom stereocenters. The highest BCUT2D eigenvalue weighted by Crippen LogP contribution is 2.46. The van der Waals surface area contributed by atoms with E-state index >= 15 is 0 Å². The average molecular weight is 258 g/mol. The molecule has 106 valence electrons. The maximum absolute atomic E-state index is 2.39. The molecule has 0 heterocycles. The molecule has 0 saturated heterocycles. The van der Waals surface area contributed by atoms with Gasteiger partial charge in [0.2, 0.25) is 0 Å². The van der Waals surface area contributed by atoms with Gasteiger partial charge in [0.15, 0.2) is 0 Å². The first-order valence-electron chi connectivity index (χ1n) is 8.45. The fourth-order valence-corrected chi connectivity index (χ4v) is 3.68. The first kappa shape index (κ1) is 14.6. The van der Waals surface area contributed by atoms with Gasteiger partial charge in [0.25, 0.3) is 0 Å². The summed E-state index contributed by atoms with van der Waals surface area (Å²) in [6, 6.07) is 9.26. The Morgan fingerprint density at radius 3 is 1.68 bits per heavy atom. The van der Waals surface area contributed by atoms with E-state index in [1.165, 1.54) is 57.8 Å². The Bertz CT molecular complexity index is 331. The van der Waals surface area contributed by atoms with Crippen molar-refractivity contribution in [2.45, 2.75) is 83.5 Å². The monoisotopic (exact) mass is 258 g/mol. The van der Waals surface area contributed by atoms with Crippen LogP contribution < -0.4 is 0 Å². The Labute approximate surface area is 119 Å². The van der Waals surface area contributed by atoms with Crippen molar-refractivity contribution in [3.63, 3.8) is 0 Å². The number of rotatable bonds is 8. The van der Waals surface area contributed by atoms with E-state index in [2.05, 4.69) is 38.1 Å². The van der Waals surface area contributed by atoms with Crippen molar-refractivity contribution in [1.29, 1.82) is 0 Å². The first-order chi connectivity index (χ1) is 9.36. The van der Waals surface area contributed by atoms with Gasteiger partial charge in [-0.3, -0.25) is 0 Å². The molecule has 0 spiro atoms.